The molecule has 2 aromatic carbocycles. The highest BCUT2D eigenvalue weighted by molar-refractivity contribution is 5.79. The molecule has 4 aromatic heterocycles. The van der Waals surface area contributed by atoms with E-state index in [4.69, 9.17) is 0 Å². The van der Waals surface area contributed by atoms with Crippen LogP contribution in [-0.4, -0.2) is 8.80 Å². The van der Waals surface area contributed by atoms with Crippen LogP contribution in [0.15, 0.2) is 109 Å². The largest absolute Gasteiger partial charge is 0.379 e. The van der Waals surface area contributed by atoms with Gasteiger partial charge in [-0.2, -0.15) is 8.80 Å². The van der Waals surface area contributed by atoms with E-state index in [9.17, 15) is 0 Å². The fourth-order valence-corrected chi connectivity index (χ4v) is 4.91. The summed E-state index contributed by atoms with van der Waals surface area (Å²) in [6, 6.07) is 34.0. The van der Waals surface area contributed by atoms with Crippen LogP contribution in [0.2, 0.25) is 0 Å². The molecule has 0 atom stereocenters. The predicted octanol–water partition coefficient (Wildman–Crippen LogP) is 4.84. The summed E-state index contributed by atoms with van der Waals surface area (Å²) in [7, 11) is 4.32. The van der Waals surface area contributed by atoms with Crippen LogP contribution in [0, 0.1) is 0 Å². The zero-order valence-electron chi connectivity index (χ0n) is 18.2. The fourth-order valence-electron chi connectivity index (χ4n) is 4.91. The highest BCUT2D eigenvalue weighted by atomic mass is 15.2. The average Bonchev–Trinajstić information content (AvgIpc) is 3.29. The molecule has 32 heavy (non-hydrogen) atoms. The van der Waals surface area contributed by atoms with Crippen LogP contribution in [0.5, 0.6) is 0 Å². The molecular formula is C28H24N4+2. The van der Waals surface area contributed by atoms with Crippen molar-refractivity contribution in [3.63, 3.8) is 0 Å². The van der Waals surface area contributed by atoms with Crippen LogP contribution in [0.1, 0.15) is 0 Å². The zero-order chi connectivity index (χ0) is 21.7. The molecule has 0 saturated carbocycles. The van der Waals surface area contributed by atoms with Crippen LogP contribution < -0.4 is 9.13 Å². The lowest BCUT2D eigenvalue weighted by Crippen LogP contribution is -2.39. The Labute approximate surface area is 186 Å². The number of nitrogens with zero attached hydrogens (tertiary/aromatic N) is 4. The normalized spacial score (nSPS) is 11.4. The van der Waals surface area contributed by atoms with Gasteiger partial charge in [0.1, 0.15) is 0 Å². The van der Waals surface area contributed by atoms with Gasteiger partial charge in [-0.1, -0.05) is 72.8 Å². The second kappa shape index (κ2) is 7.20. The van der Waals surface area contributed by atoms with E-state index in [0.717, 1.165) is 11.6 Å². The second-order valence-electron chi connectivity index (χ2n) is 8.11. The summed E-state index contributed by atoms with van der Waals surface area (Å²) in [5, 5.41) is 0. The summed E-state index contributed by atoms with van der Waals surface area (Å²) in [5.41, 5.74) is 7.18. The van der Waals surface area contributed by atoms with Crippen molar-refractivity contribution in [2.75, 3.05) is 0 Å². The number of hydrogen-bond acceptors (Lipinski definition) is 0. The zero-order valence-corrected chi connectivity index (χ0v) is 18.2. The van der Waals surface area contributed by atoms with E-state index in [0.29, 0.717) is 0 Å². The van der Waals surface area contributed by atoms with Crippen LogP contribution in [0.25, 0.3) is 45.2 Å². The lowest BCUT2D eigenvalue weighted by atomic mass is 10.1. The first-order chi connectivity index (χ1) is 15.8. The Hall–Kier alpha value is -4.18. The minimum absolute atomic E-state index is 1.13. The van der Waals surface area contributed by atoms with Gasteiger partial charge in [0.25, 0.3) is 0 Å². The molecule has 4 heteroatoms. The molecule has 0 aliphatic heterocycles. The molecule has 0 N–H and O–H groups in total. The maximum atomic E-state index is 2.31. The van der Waals surface area contributed by atoms with Crippen LogP contribution in [0.3, 0.4) is 0 Å². The molecule has 0 unspecified atom stereocenters. The van der Waals surface area contributed by atoms with E-state index in [2.05, 4.69) is 141 Å². The predicted molar refractivity (Wildman–Crippen MR) is 127 cm³/mol. The third-order valence-corrected chi connectivity index (χ3v) is 6.26. The molecular weight excluding hydrogens is 392 g/mol. The van der Waals surface area contributed by atoms with Gasteiger partial charge in [-0.25, -0.2) is 9.13 Å². The van der Waals surface area contributed by atoms with Crippen molar-refractivity contribution in [3.05, 3.63) is 109 Å². The molecule has 0 radical (unpaired) electrons. The minimum Gasteiger partial charge on any atom is -0.218 e. The van der Waals surface area contributed by atoms with Crippen LogP contribution >= 0.6 is 0 Å². The molecule has 6 rings (SSSR count). The van der Waals surface area contributed by atoms with Gasteiger partial charge in [0.05, 0.1) is 26.5 Å². The quantitative estimate of drug-likeness (QED) is 0.367. The number of rotatable bonds is 3. The van der Waals surface area contributed by atoms with Gasteiger partial charge in [-0.05, 0) is 24.3 Å². The van der Waals surface area contributed by atoms with Crippen LogP contribution in [0.4, 0.5) is 0 Å². The summed E-state index contributed by atoms with van der Waals surface area (Å²) in [5.74, 6) is 2.26. The van der Waals surface area contributed by atoms with Crippen molar-refractivity contribution in [1.82, 2.24) is 8.80 Å². The van der Waals surface area contributed by atoms with E-state index < -0.39 is 0 Å². The molecule has 0 fully saturated rings. The van der Waals surface area contributed by atoms with E-state index >= 15 is 0 Å². The molecule has 0 aliphatic rings. The Bertz CT molecular complexity index is 1450. The molecule has 4 heterocycles. The average molecular weight is 417 g/mol. The Balaban J connectivity index is 1.75. The summed E-state index contributed by atoms with van der Waals surface area (Å²) >= 11 is 0. The van der Waals surface area contributed by atoms with E-state index in [-0.39, 0.29) is 0 Å². The van der Waals surface area contributed by atoms with Gasteiger partial charge in [-0.3, -0.25) is 0 Å². The summed E-state index contributed by atoms with van der Waals surface area (Å²) in [6.45, 7) is 0. The van der Waals surface area contributed by atoms with Crippen molar-refractivity contribution >= 4 is 11.0 Å². The number of fused-ring (bicyclic) bond motifs is 2. The first-order valence-corrected chi connectivity index (χ1v) is 10.8. The Morgan fingerprint density at radius 1 is 0.469 bits per heavy atom. The number of hydrogen-bond donors (Lipinski definition) is 0. The smallest absolute Gasteiger partial charge is 0.218 e. The summed E-state index contributed by atoms with van der Waals surface area (Å²) in [6.07, 6.45) is 4.31. The lowest BCUT2D eigenvalue weighted by Gasteiger charge is -1.99. The summed E-state index contributed by atoms with van der Waals surface area (Å²) < 4.78 is 9.22. The number of aromatic nitrogens is 4. The van der Waals surface area contributed by atoms with E-state index in [1.165, 1.54) is 33.5 Å². The third-order valence-electron chi connectivity index (χ3n) is 6.26. The molecule has 0 bridgehead atoms. The van der Waals surface area contributed by atoms with Crippen molar-refractivity contribution < 1.29 is 9.13 Å². The van der Waals surface area contributed by atoms with Gasteiger partial charge < -0.3 is 0 Å². The maximum Gasteiger partial charge on any atom is 0.379 e. The fraction of sp³-hybridized carbons (Fsp3) is 0.0714. The van der Waals surface area contributed by atoms with Crippen molar-refractivity contribution in [2.45, 2.75) is 0 Å². The first-order valence-electron chi connectivity index (χ1n) is 10.8. The summed E-state index contributed by atoms with van der Waals surface area (Å²) in [4.78, 5) is 0. The topological polar surface area (TPSA) is 16.6 Å². The number of pyridine rings is 2. The van der Waals surface area contributed by atoms with Gasteiger partial charge in [0, 0.05) is 11.1 Å². The van der Waals surface area contributed by atoms with Crippen molar-refractivity contribution in [3.8, 4) is 34.2 Å². The number of imidazole rings is 2. The van der Waals surface area contributed by atoms with Crippen LogP contribution in [-0.2, 0) is 14.1 Å². The minimum atomic E-state index is 1.13. The van der Waals surface area contributed by atoms with Gasteiger partial charge in [0.2, 0.25) is 0 Å². The van der Waals surface area contributed by atoms with Crippen molar-refractivity contribution in [1.29, 1.82) is 0 Å². The molecule has 0 amide bonds. The Morgan fingerprint density at radius 2 is 0.844 bits per heavy atom. The Kier molecular flexibility index (Phi) is 4.18. The Morgan fingerprint density at radius 3 is 1.25 bits per heavy atom. The molecule has 4 nitrogen and oxygen atoms in total. The third kappa shape index (κ3) is 2.63. The highest BCUT2D eigenvalue weighted by Gasteiger charge is 2.36. The first kappa shape index (κ1) is 18.6. The van der Waals surface area contributed by atoms with E-state index in [1.807, 2.05) is 0 Å². The SMILES string of the molecule is C[n+]1c(-c2ccccc2)c2ccccn2c1-c1n2ccccc2c(-c2ccccc2)[n+]1C. The standard InChI is InChI=1S/C28H24N4/c1-29-25(21-13-5-3-6-14-21)23-17-9-11-19-31(23)27(29)28-30(2)26(22-15-7-4-8-16-22)24-18-10-12-20-32(24)28/h3-20H,1-2H3/q+2. The van der Waals surface area contributed by atoms with Crippen molar-refractivity contribution in [2.24, 2.45) is 14.1 Å². The molecule has 0 saturated heterocycles. The van der Waals surface area contributed by atoms with E-state index in [1.54, 1.807) is 0 Å². The maximum absolute atomic E-state index is 2.31. The number of benzene rings is 2. The highest BCUT2D eigenvalue weighted by Crippen LogP contribution is 2.30. The second-order valence-corrected chi connectivity index (χ2v) is 8.11. The van der Waals surface area contributed by atoms with Gasteiger partial charge >= 0.3 is 11.6 Å². The van der Waals surface area contributed by atoms with Gasteiger partial charge in [0.15, 0.2) is 22.4 Å². The molecule has 0 aliphatic carbocycles. The molecule has 0 spiro atoms. The monoisotopic (exact) mass is 416 g/mol. The lowest BCUT2D eigenvalue weighted by molar-refractivity contribution is -0.678. The van der Waals surface area contributed by atoms with Gasteiger partial charge in [-0.15, -0.1) is 0 Å². The molecule has 6 aromatic rings. The molecule has 154 valence electrons.